The van der Waals surface area contributed by atoms with Crippen molar-refractivity contribution in [3.63, 3.8) is 0 Å². The van der Waals surface area contributed by atoms with Crippen LogP contribution in [0.25, 0.3) is 0 Å². The van der Waals surface area contributed by atoms with E-state index in [0.717, 1.165) is 10.6 Å². The summed E-state index contributed by atoms with van der Waals surface area (Å²) >= 11 is 2.75. The highest BCUT2D eigenvalue weighted by molar-refractivity contribution is 7.15. The van der Waals surface area contributed by atoms with Crippen LogP contribution in [0.5, 0.6) is 0 Å². The maximum Gasteiger partial charge on any atom is 0.271 e. The summed E-state index contributed by atoms with van der Waals surface area (Å²) < 4.78 is 12.9. The SMILES string of the molecule is CN(C(=O)c1cnc(Cc2ccc(F)cc2)s1)c1nccs1. The zero-order chi connectivity index (χ0) is 15.5. The third-order valence-electron chi connectivity index (χ3n) is 3.04. The van der Waals surface area contributed by atoms with Gasteiger partial charge in [0.15, 0.2) is 5.13 Å². The number of anilines is 1. The molecule has 2 heterocycles. The van der Waals surface area contributed by atoms with Crippen molar-refractivity contribution < 1.29 is 9.18 Å². The van der Waals surface area contributed by atoms with Gasteiger partial charge in [-0.15, -0.1) is 22.7 Å². The van der Waals surface area contributed by atoms with E-state index in [1.807, 2.05) is 5.38 Å². The Bertz CT molecular complexity index is 768. The van der Waals surface area contributed by atoms with Crippen LogP contribution in [-0.2, 0) is 6.42 Å². The Balaban J connectivity index is 1.73. The number of nitrogens with zero attached hydrogens (tertiary/aromatic N) is 3. The van der Waals surface area contributed by atoms with Gasteiger partial charge in [0.05, 0.1) is 11.2 Å². The van der Waals surface area contributed by atoms with Crippen LogP contribution in [-0.4, -0.2) is 22.9 Å². The van der Waals surface area contributed by atoms with Crippen molar-refractivity contribution in [2.75, 3.05) is 11.9 Å². The Hall–Kier alpha value is -2.12. The molecule has 0 aliphatic heterocycles. The van der Waals surface area contributed by atoms with Crippen LogP contribution in [0.15, 0.2) is 42.0 Å². The number of halogens is 1. The molecule has 2 aromatic heterocycles. The number of amides is 1. The van der Waals surface area contributed by atoms with Crippen molar-refractivity contribution in [2.45, 2.75) is 6.42 Å². The molecule has 0 bridgehead atoms. The second kappa shape index (κ2) is 6.33. The van der Waals surface area contributed by atoms with Crippen molar-refractivity contribution in [1.82, 2.24) is 9.97 Å². The van der Waals surface area contributed by atoms with Crippen LogP contribution in [0.1, 0.15) is 20.2 Å². The van der Waals surface area contributed by atoms with E-state index in [1.54, 1.807) is 31.6 Å². The lowest BCUT2D eigenvalue weighted by molar-refractivity contribution is 0.0996. The summed E-state index contributed by atoms with van der Waals surface area (Å²) in [6.45, 7) is 0. The summed E-state index contributed by atoms with van der Waals surface area (Å²) in [7, 11) is 1.69. The standard InChI is InChI=1S/C15H12FN3OS2/c1-19(15-17-6-7-21-15)14(20)12-9-18-13(22-12)8-10-2-4-11(16)5-3-10/h2-7,9H,8H2,1H3. The molecule has 0 N–H and O–H groups in total. The Morgan fingerprint density at radius 1 is 1.27 bits per heavy atom. The van der Waals surface area contributed by atoms with Gasteiger partial charge in [-0.25, -0.2) is 14.4 Å². The maximum absolute atomic E-state index is 12.9. The molecule has 22 heavy (non-hydrogen) atoms. The molecule has 0 fully saturated rings. The minimum Gasteiger partial charge on any atom is -0.286 e. The third-order valence-corrected chi connectivity index (χ3v) is 4.88. The first-order chi connectivity index (χ1) is 10.6. The molecule has 1 aromatic carbocycles. The van der Waals surface area contributed by atoms with E-state index in [1.165, 1.54) is 39.7 Å². The molecule has 3 aromatic rings. The zero-order valence-electron chi connectivity index (χ0n) is 11.7. The van der Waals surface area contributed by atoms with Gasteiger partial charge < -0.3 is 0 Å². The molecule has 0 radical (unpaired) electrons. The van der Waals surface area contributed by atoms with Gasteiger partial charge >= 0.3 is 0 Å². The van der Waals surface area contributed by atoms with Gasteiger partial charge in [0.25, 0.3) is 5.91 Å². The first-order valence-corrected chi connectivity index (χ1v) is 8.20. The molecular formula is C15H12FN3OS2. The minimum atomic E-state index is -0.260. The molecule has 0 aliphatic carbocycles. The minimum absolute atomic E-state index is 0.127. The quantitative estimate of drug-likeness (QED) is 0.733. The largest absolute Gasteiger partial charge is 0.286 e. The molecule has 3 rings (SSSR count). The molecule has 0 atom stereocenters. The number of hydrogen-bond acceptors (Lipinski definition) is 5. The third kappa shape index (κ3) is 3.20. The number of carbonyl (C=O) groups is 1. The average Bonchev–Trinajstić information content (AvgIpc) is 3.19. The van der Waals surface area contributed by atoms with Gasteiger partial charge in [-0.05, 0) is 17.7 Å². The van der Waals surface area contributed by atoms with Gasteiger partial charge in [-0.1, -0.05) is 12.1 Å². The fraction of sp³-hybridized carbons (Fsp3) is 0.133. The molecule has 1 amide bonds. The number of benzene rings is 1. The predicted octanol–water partition coefficient (Wildman–Crippen LogP) is 3.61. The van der Waals surface area contributed by atoms with Crippen molar-refractivity contribution in [3.05, 3.63) is 63.3 Å². The lowest BCUT2D eigenvalue weighted by Gasteiger charge is -2.11. The van der Waals surface area contributed by atoms with E-state index < -0.39 is 0 Å². The summed E-state index contributed by atoms with van der Waals surface area (Å²) in [4.78, 5) is 22.8. The molecule has 4 nitrogen and oxygen atoms in total. The number of rotatable bonds is 4. The fourth-order valence-corrected chi connectivity index (χ4v) is 3.44. The van der Waals surface area contributed by atoms with Crippen LogP contribution in [0.3, 0.4) is 0 Å². The van der Waals surface area contributed by atoms with Crippen molar-refractivity contribution in [3.8, 4) is 0 Å². The lowest BCUT2D eigenvalue weighted by Crippen LogP contribution is -2.25. The summed E-state index contributed by atoms with van der Waals surface area (Å²) in [5.74, 6) is -0.387. The second-order valence-electron chi connectivity index (χ2n) is 4.60. The van der Waals surface area contributed by atoms with E-state index in [9.17, 15) is 9.18 Å². The Morgan fingerprint density at radius 3 is 2.73 bits per heavy atom. The summed E-state index contributed by atoms with van der Waals surface area (Å²) in [6, 6.07) is 6.29. The topological polar surface area (TPSA) is 46.1 Å². The van der Waals surface area contributed by atoms with E-state index in [4.69, 9.17) is 0 Å². The van der Waals surface area contributed by atoms with Crippen LogP contribution in [0.2, 0.25) is 0 Å². The molecule has 0 saturated carbocycles. The van der Waals surface area contributed by atoms with Crippen LogP contribution in [0.4, 0.5) is 9.52 Å². The Kier molecular flexibility index (Phi) is 4.26. The van der Waals surface area contributed by atoms with Crippen molar-refractivity contribution in [2.24, 2.45) is 0 Å². The molecule has 112 valence electrons. The number of thiazole rings is 2. The average molecular weight is 333 g/mol. The highest BCUT2D eigenvalue weighted by Gasteiger charge is 2.18. The van der Waals surface area contributed by atoms with Gasteiger partial charge in [0, 0.05) is 25.0 Å². The van der Waals surface area contributed by atoms with Crippen molar-refractivity contribution in [1.29, 1.82) is 0 Å². The van der Waals surface area contributed by atoms with Gasteiger partial charge in [-0.3, -0.25) is 9.69 Å². The molecule has 0 aliphatic rings. The van der Waals surface area contributed by atoms with Crippen LogP contribution >= 0.6 is 22.7 Å². The molecule has 0 spiro atoms. The second-order valence-corrected chi connectivity index (χ2v) is 6.59. The first kappa shape index (κ1) is 14.8. The van der Waals surface area contributed by atoms with E-state index in [2.05, 4.69) is 9.97 Å². The van der Waals surface area contributed by atoms with E-state index >= 15 is 0 Å². The van der Waals surface area contributed by atoms with E-state index in [-0.39, 0.29) is 11.7 Å². The predicted molar refractivity (Wildman–Crippen MR) is 86.2 cm³/mol. The van der Waals surface area contributed by atoms with Gasteiger partial charge in [0.2, 0.25) is 0 Å². The Labute approximate surface area is 134 Å². The van der Waals surface area contributed by atoms with E-state index in [0.29, 0.717) is 16.4 Å². The fourth-order valence-electron chi connectivity index (χ4n) is 1.90. The molecule has 7 heteroatoms. The number of carbonyl (C=O) groups excluding carboxylic acids is 1. The molecular weight excluding hydrogens is 321 g/mol. The molecule has 0 saturated heterocycles. The normalized spacial score (nSPS) is 10.6. The number of aromatic nitrogens is 2. The van der Waals surface area contributed by atoms with Gasteiger partial charge in [-0.2, -0.15) is 0 Å². The van der Waals surface area contributed by atoms with Crippen LogP contribution < -0.4 is 4.90 Å². The lowest BCUT2D eigenvalue weighted by atomic mass is 10.2. The van der Waals surface area contributed by atoms with Gasteiger partial charge in [0.1, 0.15) is 10.7 Å². The van der Waals surface area contributed by atoms with Crippen molar-refractivity contribution >= 4 is 33.7 Å². The van der Waals surface area contributed by atoms with Crippen LogP contribution in [0, 0.1) is 5.82 Å². The zero-order valence-corrected chi connectivity index (χ0v) is 13.3. The molecule has 0 unspecified atom stereocenters. The number of hydrogen-bond donors (Lipinski definition) is 0. The highest BCUT2D eigenvalue weighted by atomic mass is 32.1. The maximum atomic E-state index is 12.9. The highest BCUT2D eigenvalue weighted by Crippen LogP contribution is 2.22. The first-order valence-electron chi connectivity index (χ1n) is 6.50. The summed E-state index contributed by atoms with van der Waals surface area (Å²) in [6.07, 6.45) is 3.82. The smallest absolute Gasteiger partial charge is 0.271 e. The summed E-state index contributed by atoms with van der Waals surface area (Å²) in [5, 5.41) is 3.30. The summed E-state index contributed by atoms with van der Waals surface area (Å²) in [5.41, 5.74) is 0.961. The monoisotopic (exact) mass is 333 g/mol. The Morgan fingerprint density at radius 2 is 2.05 bits per heavy atom.